The first-order chi connectivity index (χ1) is 23.3. The van der Waals surface area contributed by atoms with Crippen LogP contribution in [0.15, 0.2) is 30.4 Å². The lowest BCUT2D eigenvalue weighted by Gasteiger charge is -2.28. The molecule has 2 aliphatic heterocycles. The van der Waals surface area contributed by atoms with Gasteiger partial charge in [-0.15, -0.1) is 0 Å². The zero-order valence-electron chi connectivity index (χ0n) is 28.6. The van der Waals surface area contributed by atoms with Gasteiger partial charge in [-0.3, -0.25) is 19.1 Å². The molecule has 49 heavy (non-hydrogen) atoms. The molecule has 5 atom stereocenters. The number of rotatable bonds is 8. The average Bonchev–Trinajstić information content (AvgIpc) is 3.94. The highest BCUT2D eigenvalue weighted by Gasteiger charge is 2.63. The highest BCUT2D eigenvalue weighted by Crippen LogP contribution is 2.47. The monoisotopic (exact) mass is 697 g/mol. The molecule has 1 saturated heterocycles. The molecule has 14 heteroatoms. The highest BCUT2D eigenvalue weighted by atomic mass is 32.2. The number of fused-ring (bicyclic) bond motifs is 3. The molecule has 6 rings (SSSR count). The fraction of sp³-hybridized carbons (Fsp3) is 0.600. The lowest BCUT2D eigenvalue weighted by Crippen LogP contribution is -2.58. The van der Waals surface area contributed by atoms with Crippen LogP contribution in [0, 0.1) is 12.8 Å². The predicted octanol–water partition coefficient (Wildman–Crippen LogP) is 3.02. The Morgan fingerprint density at radius 2 is 1.96 bits per heavy atom. The Labute approximate surface area is 287 Å². The molecule has 4 aliphatic rings. The van der Waals surface area contributed by atoms with Gasteiger partial charge in [-0.25, -0.2) is 13.4 Å². The summed E-state index contributed by atoms with van der Waals surface area (Å²) in [4.78, 5) is 47.8. The quantitative estimate of drug-likeness (QED) is 0.347. The number of aromatic nitrogens is 1. The maximum atomic E-state index is 14.2. The minimum Gasteiger partial charge on any atom is -0.496 e. The number of carbonyl (C=O) groups is 3. The van der Waals surface area contributed by atoms with E-state index in [1.165, 1.54) is 4.90 Å². The first-order valence-corrected chi connectivity index (χ1v) is 18.7. The Balaban J connectivity index is 1.30. The van der Waals surface area contributed by atoms with Gasteiger partial charge in [0.25, 0.3) is 5.91 Å². The molecule has 3 fully saturated rings. The normalized spacial score (nSPS) is 29.0. The first kappa shape index (κ1) is 34.9. The summed E-state index contributed by atoms with van der Waals surface area (Å²) in [6.07, 6.45) is 8.29. The first-order valence-electron chi connectivity index (χ1n) is 17.2. The largest absolute Gasteiger partial charge is 0.496 e. The summed E-state index contributed by atoms with van der Waals surface area (Å²) in [6.45, 7) is 5.83. The summed E-state index contributed by atoms with van der Waals surface area (Å²) in [5, 5.41) is 3.61. The van der Waals surface area contributed by atoms with Crippen LogP contribution in [-0.4, -0.2) is 84.8 Å². The summed E-state index contributed by atoms with van der Waals surface area (Å²) in [6, 6.07) is 3.56. The van der Waals surface area contributed by atoms with Crippen LogP contribution < -0.4 is 30.0 Å². The molecule has 0 bridgehead atoms. The number of hydrogen-bond donors (Lipinski definition) is 3. The van der Waals surface area contributed by atoms with Crippen molar-refractivity contribution in [2.75, 3.05) is 20.3 Å². The zero-order valence-corrected chi connectivity index (χ0v) is 29.4. The van der Waals surface area contributed by atoms with Crippen molar-refractivity contribution in [1.29, 1.82) is 0 Å². The molecular weight excluding hydrogens is 650 g/mol. The van der Waals surface area contributed by atoms with Gasteiger partial charge in [0.1, 0.15) is 29.2 Å². The number of aryl methyl sites for hydroxylation is 1. The number of allylic oxidation sites excluding steroid dienone is 1. The molecule has 266 valence electrons. The number of methoxy groups -OCH3 is 1. The van der Waals surface area contributed by atoms with Crippen molar-refractivity contribution in [3.63, 3.8) is 0 Å². The number of hydrogen-bond acceptors (Lipinski definition) is 10. The summed E-state index contributed by atoms with van der Waals surface area (Å²) in [7, 11) is -2.35. The van der Waals surface area contributed by atoms with Crippen LogP contribution in [0.25, 0.3) is 10.9 Å². The fourth-order valence-corrected chi connectivity index (χ4v) is 8.23. The van der Waals surface area contributed by atoms with Crippen molar-refractivity contribution in [2.24, 2.45) is 11.7 Å². The molecule has 1 aromatic heterocycles. The second-order valence-electron chi connectivity index (χ2n) is 14.0. The van der Waals surface area contributed by atoms with Gasteiger partial charge in [-0.2, -0.15) is 0 Å². The number of carbonyl (C=O) groups excluding carboxylic acids is 3. The van der Waals surface area contributed by atoms with E-state index in [0.29, 0.717) is 54.2 Å². The second kappa shape index (κ2) is 13.4. The lowest BCUT2D eigenvalue weighted by atomic mass is 10.1. The van der Waals surface area contributed by atoms with Crippen LogP contribution in [0.5, 0.6) is 17.4 Å². The number of amides is 3. The van der Waals surface area contributed by atoms with Crippen molar-refractivity contribution in [3.05, 3.63) is 35.9 Å². The van der Waals surface area contributed by atoms with E-state index in [1.54, 1.807) is 20.1 Å². The molecule has 2 aliphatic carbocycles. The number of nitrogens with two attached hydrogens (primary N) is 1. The second-order valence-corrected chi connectivity index (χ2v) is 16.2. The van der Waals surface area contributed by atoms with E-state index in [9.17, 15) is 22.8 Å². The molecule has 0 spiro atoms. The van der Waals surface area contributed by atoms with Gasteiger partial charge in [-0.05, 0) is 71.4 Å². The number of nitrogens with zero attached hydrogens (tertiary/aromatic N) is 2. The number of ether oxygens (including phenoxy) is 3. The maximum Gasteiger partial charge on any atom is 0.259 e. The Bertz CT molecular complexity index is 1780. The van der Waals surface area contributed by atoms with Gasteiger partial charge in [0.2, 0.25) is 27.7 Å². The molecule has 0 radical (unpaired) electrons. The molecule has 2 aromatic rings. The van der Waals surface area contributed by atoms with Crippen LogP contribution in [-0.2, 0) is 24.4 Å². The van der Waals surface area contributed by atoms with Gasteiger partial charge < -0.3 is 30.2 Å². The maximum absolute atomic E-state index is 14.2. The Morgan fingerprint density at radius 1 is 1.18 bits per heavy atom. The van der Waals surface area contributed by atoms with E-state index < -0.39 is 50.3 Å². The van der Waals surface area contributed by atoms with E-state index >= 15 is 0 Å². The molecule has 4 N–H and O–H groups in total. The van der Waals surface area contributed by atoms with Crippen molar-refractivity contribution >= 4 is 38.6 Å². The third-order valence-electron chi connectivity index (χ3n) is 10.4. The molecule has 3 amide bonds. The van der Waals surface area contributed by atoms with Crippen molar-refractivity contribution < 1.29 is 37.0 Å². The minimum absolute atomic E-state index is 0.0861. The zero-order chi connectivity index (χ0) is 35.1. The van der Waals surface area contributed by atoms with Crippen molar-refractivity contribution in [1.82, 2.24) is 19.9 Å². The summed E-state index contributed by atoms with van der Waals surface area (Å²) < 4.78 is 45.2. The Morgan fingerprint density at radius 3 is 2.67 bits per heavy atom. The van der Waals surface area contributed by atoms with E-state index in [1.807, 2.05) is 38.1 Å². The minimum atomic E-state index is -3.94. The lowest BCUT2D eigenvalue weighted by molar-refractivity contribution is -0.140. The Kier molecular flexibility index (Phi) is 9.57. The van der Waals surface area contributed by atoms with Crippen LogP contribution in [0.4, 0.5) is 0 Å². The molecular formula is C35H47N5O8S. The average molecular weight is 698 g/mol. The number of benzene rings is 1. The molecule has 13 nitrogen and oxygen atoms in total. The standard InChI is InChI=1S/C35H47N5O8S/c1-5-47-29-18-28(24-13-14-27(46-4)21(2)30(24)37-29)48-23-17-26-31(41)38-35(33(43)39-49(44,45)34(3)15-16-34)19-22(35)11-9-7-6-8-10-12-25(36)32(42)40(26)20-23/h9,11,13-14,18,22-23,25-26H,5-8,10,12,15-17,19-20,36H2,1-4H3,(H,38,41)(H,39,43)/b11-9-/t22-,23-,25+,26+,35-/m1/s1. The van der Waals surface area contributed by atoms with Crippen LogP contribution in [0.2, 0.25) is 0 Å². The Hall–Kier alpha value is -3.91. The number of nitrogens with one attached hydrogen (secondary N) is 2. The SMILES string of the molecule is CCOc1cc(O[C@@H]2C[C@H]3C(=O)N[C@]4(C(=O)NS(=O)(=O)C5(C)CC5)C[C@H]4/C=C\CCCCC[C@H](N)C(=O)N3C2)c2ccc(OC)c(C)c2n1. The van der Waals surface area contributed by atoms with Gasteiger partial charge in [0.15, 0.2) is 0 Å². The molecule has 1 aromatic carbocycles. The molecule has 0 unspecified atom stereocenters. The number of pyridine rings is 1. The summed E-state index contributed by atoms with van der Waals surface area (Å²) in [5.41, 5.74) is 6.40. The predicted molar refractivity (Wildman–Crippen MR) is 183 cm³/mol. The van der Waals surface area contributed by atoms with Gasteiger partial charge in [-0.1, -0.05) is 25.0 Å². The number of sulfonamides is 1. The smallest absolute Gasteiger partial charge is 0.259 e. The topological polar surface area (TPSA) is 179 Å². The molecule has 3 heterocycles. The third kappa shape index (κ3) is 6.81. The summed E-state index contributed by atoms with van der Waals surface area (Å²) in [5.74, 6) is -0.572. The summed E-state index contributed by atoms with van der Waals surface area (Å²) >= 11 is 0. The van der Waals surface area contributed by atoms with Crippen LogP contribution in [0.3, 0.4) is 0 Å². The third-order valence-corrected chi connectivity index (χ3v) is 12.6. The van der Waals surface area contributed by atoms with Gasteiger partial charge >= 0.3 is 0 Å². The van der Waals surface area contributed by atoms with Crippen LogP contribution >= 0.6 is 0 Å². The fourth-order valence-electron chi connectivity index (χ4n) is 6.92. The van der Waals surface area contributed by atoms with Gasteiger partial charge in [0, 0.05) is 29.4 Å². The molecule has 2 saturated carbocycles. The van der Waals surface area contributed by atoms with Gasteiger partial charge in [0.05, 0.1) is 36.6 Å². The van der Waals surface area contributed by atoms with E-state index in [4.69, 9.17) is 19.9 Å². The van der Waals surface area contributed by atoms with Crippen molar-refractivity contribution in [3.8, 4) is 17.4 Å². The van der Waals surface area contributed by atoms with E-state index in [0.717, 1.165) is 31.2 Å². The van der Waals surface area contributed by atoms with Crippen molar-refractivity contribution in [2.45, 2.75) is 107 Å². The van der Waals surface area contributed by atoms with Crippen LogP contribution in [0.1, 0.15) is 77.2 Å². The van der Waals surface area contributed by atoms with E-state index in [2.05, 4.69) is 15.0 Å². The highest BCUT2D eigenvalue weighted by molar-refractivity contribution is 7.91. The van der Waals surface area contributed by atoms with E-state index in [-0.39, 0.29) is 31.2 Å².